The van der Waals surface area contributed by atoms with Crippen LogP contribution >= 0.6 is 0 Å². The fourth-order valence-electron chi connectivity index (χ4n) is 5.57. The van der Waals surface area contributed by atoms with E-state index in [4.69, 9.17) is 13.1 Å². The molecule has 0 bridgehead atoms. The molecule has 0 fully saturated rings. The van der Waals surface area contributed by atoms with Gasteiger partial charge in [-0.25, -0.2) is 9.69 Å². The van der Waals surface area contributed by atoms with Gasteiger partial charge in [-0.15, -0.1) is 0 Å². The van der Waals surface area contributed by atoms with E-state index in [1.54, 1.807) is 6.07 Å². The van der Waals surface area contributed by atoms with Crippen LogP contribution in [-0.4, -0.2) is 9.13 Å². The third-order valence-corrected chi connectivity index (χ3v) is 7.11. The molecule has 0 aliphatic rings. The summed E-state index contributed by atoms with van der Waals surface area (Å²) in [5.41, 5.74) is 8.16. The molecular formula is C34H20N4. The van der Waals surface area contributed by atoms with Gasteiger partial charge in [0.15, 0.2) is 11.4 Å². The lowest BCUT2D eigenvalue weighted by atomic mass is 10.0. The van der Waals surface area contributed by atoms with E-state index in [9.17, 15) is 0 Å². The second-order valence-electron chi connectivity index (χ2n) is 9.22. The van der Waals surface area contributed by atoms with Crippen LogP contribution in [0.1, 0.15) is 0 Å². The fourth-order valence-corrected chi connectivity index (χ4v) is 5.57. The first-order chi connectivity index (χ1) is 18.8. The number of rotatable bonds is 3. The molecule has 7 aromatic rings. The molecule has 0 saturated carbocycles. The Kier molecular flexibility index (Phi) is 4.86. The predicted molar refractivity (Wildman–Crippen MR) is 156 cm³/mol. The summed E-state index contributed by atoms with van der Waals surface area (Å²) in [5, 5.41) is 3.58. The first kappa shape index (κ1) is 21.7. The maximum absolute atomic E-state index is 7.58. The van der Waals surface area contributed by atoms with Gasteiger partial charge in [0.2, 0.25) is 0 Å². The summed E-state index contributed by atoms with van der Waals surface area (Å²) in [5.74, 6) is 0. The van der Waals surface area contributed by atoms with Crippen molar-refractivity contribution in [3.8, 4) is 22.5 Å². The standard InChI is InChI=1S/C34H20N4/c1-35-24-20-23(21-25(22-24)36-2)27-14-6-9-17-30(27)38-32-19-11-8-16-29(32)33-28-15-7-10-18-31(28)37(34(33)38)26-12-4-3-5-13-26/h3-22H. The number of para-hydroxylation sites is 4. The molecule has 0 saturated heterocycles. The number of nitrogens with zero attached hydrogens (tertiary/aromatic N) is 4. The molecule has 0 atom stereocenters. The van der Waals surface area contributed by atoms with Crippen LogP contribution in [0.3, 0.4) is 0 Å². The first-order valence-electron chi connectivity index (χ1n) is 12.4. The Morgan fingerprint density at radius 2 is 1.08 bits per heavy atom. The van der Waals surface area contributed by atoms with E-state index < -0.39 is 0 Å². The van der Waals surface area contributed by atoms with Gasteiger partial charge in [0, 0.05) is 27.4 Å². The summed E-state index contributed by atoms with van der Waals surface area (Å²) in [6, 6.07) is 41.2. The van der Waals surface area contributed by atoms with Crippen LogP contribution in [0.5, 0.6) is 0 Å². The lowest BCUT2D eigenvalue weighted by Gasteiger charge is -2.16. The van der Waals surface area contributed by atoms with Crippen LogP contribution in [0.2, 0.25) is 0 Å². The lowest BCUT2D eigenvalue weighted by molar-refractivity contribution is 1.07. The van der Waals surface area contributed by atoms with Gasteiger partial charge in [0.25, 0.3) is 0 Å². The molecule has 0 amide bonds. The Morgan fingerprint density at radius 3 is 1.74 bits per heavy atom. The van der Waals surface area contributed by atoms with Crippen molar-refractivity contribution in [2.75, 3.05) is 0 Å². The molecule has 7 rings (SSSR count). The highest BCUT2D eigenvalue weighted by Crippen LogP contribution is 2.43. The van der Waals surface area contributed by atoms with Crippen molar-refractivity contribution in [3.63, 3.8) is 0 Å². The summed E-state index contributed by atoms with van der Waals surface area (Å²) in [4.78, 5) is 7.27. The van der Waals surface area contributed by atoms with Crippen molar-refractivity contribution in [2.24, 2.45) is 0 Å². The molecule has 2 heterocycles. The fraction of sp³-hybridized carbons (Fsp3) is 0. The van der Waals surface area contributed by atoms with Crippen molar-refractivity contribution in [3.05, 3.63) is 144 Å². The smallest absolute Gasteiger partial charge is 0.177 e. The van der Waals surface area contributed by atoms with E-state index in [1.165, 1.54) is 16.2 Å². The minimum atomic E-state index is 0.462. The Labute approximate surface area is 219 Å². The largest absolute Gasteiger partial charge is 0.295 e. The molecule has 0 spiro atoms. The molecule has 4 nitrogen and oxygen atoms in total. The second kappa shape index (κ2) is 8.52. The van der Waals surface area contributed by atoms with Gasteiger partial charge in [-0.05, 0) is 35.9 Å². The van der Waals surface area contributed by atoms with Crippen molar-refractivity contribution < 1.29 is 0 Å². The maximum Gasteiger partial charge on any atom is 0.177 e. The van der Waals surface area contributed by atoms with E-state index >= 15 is 0 Å². The minimum Gasteiger partial charge on any atom is -0.295 e. The molecule has 0 radical (unpaired) electrons. The van der Waals surface area contributed by atoms with Crippen molar-refractivity contribution in [2.45, 2.75) is 0 Å². The topological polar surface area (TPSA) is 18.6 Å². The number of hydrogen-bond donors (Lipinski definition) is 0. The molecule has 38 heavy (non-hydrogen) atoms. The van der Waals surface area contributed by atoms with Gasteiger partial charge in [-0.2, -0.15) is 0 Å². The van der Waals surface area contributed by atoms with Crippen molar-refractivity contribution >= 4 is 44.2 Å². The zero-order valence-electron chi connectivity index (χ0n) is 20.3. The highest BCUT2D eigenvalue weighted by atomic mass is 15.1. The highest BCUT2D eigenvalue weighted by molar-refractivity contribution is 6.22. The third-order valence-electron chi connectivity index (χ3n) is 7.11. The quantitative estimate of drug-likeness (QED) is 0.222. The minimum absolute atomic E-state index is 0.462. The highest BCUT2D eigenvalue weighted by Gasteiger charge is 2.23. The molecule has 0 aliphatic heterocycles. The second-order valence-corrected chi connectivity index (χ2v) is 9.22. The molecule has 176 valence electrons. The Balaban J connectivity index is 1.67. The van der Waals surface area contributed by atoms with Crippen LogP contribution < -0.4 is 0 Å². The first-order valence-corrected chi connectivity index (χ1v) is 12.4. The van der Waals surface area contributed by atoms with Gasteiger partial charge in [0.1, 0.15) is 5.65 Å². The van der Waals surface area contributed by atoms with Gasteiger partial charge >= 0.3 is 0 Å². The average molecular weight is 485 g/mol. The van der Waals surface area contributed by atoms with Gasteiger partial charge in [0.05, 0.1) is 29.9 Å². The van der Waals surface area contributed by atoms with E-state index in [-0.39, 0.29) is 0 Å². The van der Waals surface area contributed by atoms with E-state index in [2.05, 4.69) is 104 Å². The molecule has 0 unspecified atom stereocenters. The third kappa shape index (κ3) is 3.15. The number of hydrogen-bond acceptors (Lipinski definition) is 0. The van der Waals surface area contributed by atoms with Crippen LogP contribution in [-0.2, 0) is 0 Å². The van der Waals surface area contributed by atoms with Gasteiger partial charge in [-0.1, -0.05) is 91.0 Å². The number of fused-ring (bicyclic) bond motifs is 5. The van der Waals surface area contributed by atoms with E-state index in [1.807, 2.05) is 30.3 Å². The lowest BCUT2D eigenvalue weighted by Crippen LogP contribution is -2.03. The van der Waals surface area contributed by atoms with Gasteiger partial charge < -0.3 is 0 Å². The molecule has 2 aromatic heterocycles. The molecule has 5 aromatic carbocycles. The number of benzene rings is 5. The molecule has 0 N–H and O–H groups in total. The van der Waals surface area contributed by atoms with Crippen molar-refractivity contribution in [1.29, 1.82) is 0 Å². The van der Waals surface area contributed by atoms with Crippen LogP contribution in [0.25, 0.3) is 65.0 Å². The van der Waals surface area contributed by atoms with E-state index in [0.717, 1.165) is 39.2 Å². The maximum atomic E-state index is 7.58. The van der Waals surface area contributed by atoms with Gasteiger partial charge in [-0.3, -0.25) is 9.13 Å². The Hall–Kier alpha value is -5.58. The normalized spacial score (nSPS) is 11.1. The van der Waals surface area contributed by atoms with Crippen LogP contribution in [0, 0.1) is 13.1 Å². The molecular weight excluding hydrogens is 464 g/mol. The van der Waals surface area contributed by atoms with Crippen molar-refractivity contribution in [1.82, 2.24) is 9.13 Å². The number of aromatic nitrogens is 2. The van der Waals surface area contributed by atoms with E-state index in [0.29, 0.717) is 11.4 Å². The van der Waals surface area contributed by atoms with Crippen LogP contribution in [0.15, 0.2) is 121 Å². The summed E-state index contributed by atoms with van der Waals surface area (Å²) >= 11 is 0. The Morgan fingerprint density at radius 1 is 0.526 bits per heavy atom. The zero-order chi connectivity index (χ0) is 25.6. The summed E-state index contributed by atoms with van der Waals surface area (Å²) in [6.07, 6.45) is 0. The predicted octanol–water partition coefficient (Wildman–Crippen LogP) is 9.50. The summed E-state index contributed by atoms with van der Waals surface area (Å²) in [7, 11) is 0. The zero-order valence-corrected chi connectivity index (χ0v) is 20.3. The molecule has 4 heteroatoms. The summed E-state index contributed by atoms with van der Waals surface area (Å²) in [6.45, 7) is 15.2. The molecule has 0 aliphatic carbocycles. The SMILES string of the molecule is [C-]#[N+]c1cc([N+]#[C-])cc(-c2ccccc2-n2c3ccccc3c3c4ccccc4n(-c4ccccc4)c32)c1. The average Bonchev–Trinajstić information content (AvgIpc) is 3.50. The summed E-state index contributed by atoms with van der Waals surface area (Å²) < 4.78 is 4.66. The Bertz CT molecular complexity index is 2060. The van der Waals surface area contributed by atoms with Crippen LogP contribution in [0.4, 0.5) is 11.4 Å². The monoisotopic (exact) mass is 484 g/mol.